The molecule has 0 bridgehead atoms. The maximum atomic E-state index is 5.65. The molecule has 0 aromatic rings. The summed E-state index contributed by atoms with van der Waals surface area (Å²) in [5.74, 6) is 0. The molecule has 0 spiro atoms. The minimum absolute atomic E-state index is 0.445. The molecule has 1 fully saturated rings. The van der Waals surface area contributed by atoms with E-state index in [1.54, 1.807) is 0 Å². The SMILES string of the molecule is CCCCN1COCN(C2C=CCCC2)C1=S. The summed E-state index contributed by atoms with van der Waals surface area (Å²) in [4.78, 5) is 4.41. The zero-order valence-corrected chi connectivity index (χ0v) is 11.4. The van der Waals surface area contributed by atoms with Gasteiger partial charge in [0.2, 0.25) is 0 Å². The van der Waals surface area contributed by atoms with E-state index in [9.17, 15) is 0 Å². The third-order valence-corrected chi connectivity index (χ3v) is 3.90. The predicted molar refractivity (Wildman–Crippen MR) is 73.6 cm³/mol. The number of hydrogen-bond donors (Lipinski definition) is 0. The number of hydrogen-bond acceptors (Lipinski definition) is 2. The van der Waals surface area contributed by atoms with E-state index in [0.717, 1.165) is 11.7 Å². The number of thiocarbonyl (C=S) groups is 1. The Kier molecular flexibility index (Phi) is 4.80. The molecule has 2 aliphatic rings. The molecule has 1 aliphatic heterocycles. The Bertz CT molecular complexity index is 293. The van der Waals surface area contributed by atoms with Gasteiger partial charge in [-0.3, -0.25) is 0 Å². The molecule has 1 unspecified atom stereocenters. The number of ether oxygens (including phenoxy) is 1. The van der Waals surface area contributed by atoms with Gasteiger partial charge in [0.05, 0.1) is 6.04 Å². The summed E-state index contributed by atoms with van der Waals surface area (Å²) in [6, 6.07) is 0.445. The number of rotatable bonds is 4. The Morgan fingerprint density at radius 1 is 1.47 bits per heavy atom. The van der Waals surface area contributed by atoms with Crippen LogP contribution in [-0.2, 0) is 4.74 Å². The molecule has 1 atom stereocenters. The van der Waals surface area contributed by atoms with Crippen molar-refractivity contribution in [3.63, 3.8) is 0 Å². The van der Waals surface area contributed by atoms with Crippen molar-refractivity contribution in [2.45, 2.75) is 45.1 Å². The van der Waals surface area contributed by atoms with E-state index in [4.69, 9.17) is 17.0 Å². The second-order valence-corrected chi connectivity index (χ2v) is 5.12. The fourth-order valence-electron chi connectivity index (χ4n) is 2.34. The lowest BCUT2D eigenvalue weighted by Crippen LogP contribution is -2.54. The number of allylic oxidation sites excluding steroid dienone is 1. The van der Waals surface area contributed by atoms with Crippen molar-refractivity contribution < 1.29 is 4.74 Å². The van der Waals surface area contributed by atoms with Crippen LogP contribution in [0.4, 0.5) is 0 Å². The van der Waals surface area contributed by atoms with E-state index in [1.807, 2.05) is 0 Å². The highest BCUT2D eigenvalue weighted by Crippen LogP contribution is 2.20. The largest absolute Gasteiger partial charge is 0.341 e. The van der Waals surface area contributed by atoms with Gasteiger partial charge in [-0.1, -0.05) is 25.5 Å². The van der Waals surface area contributed by atoms with Crippen molar-refractivity contribution in [1.29, 1.82) is 0 Å². The second-order valence-electron chi connectivity index (χ2n) is 4.76. The van der Waals surface area contributed by atoms with Crippen LogP contribution < -0.4 is 0 Å². The third-order valence-electron chi connectivity index (χ3n) is 3.40. The Hall–Kier alpha value is -0.610. The molecule has 3 nitrogen and oxygen atoms in total. The molecule has 0 radical (unpaired) electrons. The molecule has 0 aromatic heterocycles. The Morgan fingerprint density at radius 3 is 3.06 bits per heavy atom. The van der Waals surface area contributed by atoms with Crippen molar-refractivity contribution in [2.75, 3.05) is 20.0 Å². The van der Waals surface area contributed by atoms with Crippen LogP contribution in [0, 0.1) is 0 Å². The topological polar surface area (TPSA) is 15.7 Å². The first-order valence-corrected chi connectivity index (χ1v) is 7.03. The summed E-state index contributed by atoms with van der Waals surface area (Å²) in [6.07, 6.45) is 10.6. The highest BCUT2D eigenvalue weighted by atomic mass is 32.1. The van der Waals surface area contributed by atoms with E-state index in [2.05, 4.69) is 28.9 Å². The van der Waals surface area contributed by atoms with Crippen LogP contribution in [0.5, 0.6) is 0 Å². The Balaban J connectivity index is 1.95. The summed E-state index contributed by atoms with van der Waals surface area (Å²) in [5.41, 5.74) is 0. The molecule has 1 aliphatic carbocycles. The van der Waals surface area contributed by atoms with E-state index in [1.165, 1.54) is 32.1 Å². The zero-order chi connectivity index (χ0) is 12.1. The summed E-state index contributed by atoms with van der Waals surface area (Å²) in [6.45, 7) is 4.53. The monoisotopic (exact) mass is 254 g/mol. The van der Waals surface area contributed by atoms with Crippen molar-refractivity contribution in [3.05, 3.63) is 12.2 Å². The van der Waals surface area contributed by atoms with Gasteiger partial charge >= 0.3 is 0 Å². The van der Waals surface area contributed by atoms with Crippen LogP contribution in [0.1, 0.15) is 39.0 Å². The van der Waals surface area contributed by atoms with Gasteiger partial charge in [0, 0.05) is 6.54 Å². The summed E-state index contributed by atoms with van der Waals surface area (Å²) >= 11 is 5.58. The quantitative estimate of drug-likeness (QED) is 0.566. The van der Waals surface area contributed by atoms with Crippen molar-refractivity contribution in [1.82, 2.24) is 9.80 Å². The van der Waals surface area contributed by atoms with Crippen LogP contribution in [0.15, 0.2) is 12.2 Å². The molecule has 4 heteroatoms. The van der Waals surface area contributed by atoms with Crippen LogP contribution in [0.3, 0.4) is 0 Å². The van der Waals surface area contributed by atoms with Gasteiger partial charge in [0.25, 0.3) is 0 Å². The van der Waals surface area contributed by atoms with Gasteiger partial charge in [-0.2, -0.15) is 0 Å². The van der Waals surface area contributed by atoms with E-state index >= 15 is 0 Å². The van der Waals surface area contributed by atoms with Gasteiger partial charge < -0.3 is 14.5 Å². The Labute approximate surface area is 109 Å². The first-order chi connectivity index (χ1) is 8.33. The highest BCUT2D eigenvalue weighted by Gasteiger charge is 2.27. The molecule has 0 amide bonds. The van der Waals surface area contributed by atoms with Crippen LogP contribution in [0.25, 0.3) is 0 Å². The van der Waals surface area contributed by atoms with Gasteiger partial charge in [-0.05, 0) is 37.9 Å². The molecule has 0 saturated carbocycles. The van der Waals surface area contributed by atoms with Gasteiger partial charge in [-0.25, -0.2) is 0 Å². The highest BCUT2D eigenvalue weighted by molar-refractivity contribution is 7.80. The first kappa shape index (κ1) is 12.8. The second kappa shape index (κ2) is 6.36. The van der Waals surface area contributed by atoms with Crippen molar-refractivity contribution in [2.24, 2.45) is 0 Å². The van der Waals surface area contributed by atoms with Gasteiger partial charge in [0.15, 0.2) is 5.11 Å². The first-order valence-electron chi connectivity index (χ1n) is 6.63. The normalized spacial score (nSPS) is 25.5. The predicted octanol–water partition coefficient (Wildman–Crippen LogP) is 2.73. The number of nitrogens with zero attached hydrogens (tertiary/aromatic N) is 2. The minimum atomic E-state index is 0.445. The van der Waals surface area contributed by atoms with E-state index in [0.29, 0.717) is 19.5 Å². The van der Waals surface area contributed by atoms with Gasteiger partial charge in [0.1, 0.15) is 13.5 Å². The maximum absolute atomic E-state index is 5.65. The Morgan fingerprint density at radius 2 is 2.35 bits per heavy atom. The average molecular weight is 254 g/mol. The van der Waals surface area contributed by atoms with Crippen molar-refractivity contribution >= 4 is 17.3 Å². The lowest BCUT2D eigenvalue weighted by Gasteiger charge is -2.42. The van der Waals surface area contributed by atoms with Crippen molar-refractivity contribution in [3.8, 4) is 0 Å². The zero-order valence-electron chi connectivity index (χ0n) is 10.6. The molecule has 0 aromatic carbocycles. The van der Waals surface area contributed by atoms with E-state index in [-0.39, 0.29) is 0 Å². The molecule has 96 valence electrons. The van der Waals surface area contributed by atoms with Crippen LogP contribution >= 0.6 is 12.2 Å². The summed E-state index contributed by atoms with van der Waals surface area (Å²) in [7, 11) is 0. The van der Waals surface area contributed by atoms with E-state index < -0.39 is 0 Å². The fraction of sp³-hybridized carbons (Fsp3) is 0.769. The summed E-state index contributed by atoms with van der Waals surface area (Å²) in [5, 5.41) is 0.973. The standard InChI is InChI=1S/C13H22N2OS/c1-2-3-9-14-10-16-11-15(13(14)17)12-7-5-4-6-8-12/h5,7,12H,2-4,6,8-11H2,1H3. The molecular weight excluding hydrogens is 232 g/mol. The fourth-order valence-corrected chi connectivity index (χ4v) is 2.67. The van der Waals surface area contributed by atoms with Crippen LogP contribution in [-0.4, -0.2) is 41.0 Å². The summed E-state index contributed by atoms with van der Waals surface area (Å²) < 4.78 is 5.65. The number of unbranched alkanes of at least 4 members (excludes halogenated alkanes) is 1. The lowest BCUT2D eigenvalue weighted by molar-refractivity contribution is -0.0333. The third kappa shape index (κ3) is 3.19. The van der Waals surface area contributed by atoms with Crippen LogP contribution in [0.2, 0.25) is 0 Å². The molecule has 1 heterocycles. The smallest absolute Gasteiger partial charge is 0.175 e. The minimum Gasteiger partial charge on any atom is -0.341 e. The maximum Gasteiger partial charge on any atom is 0.175 e. The molecule has 17 heavy (non-hydrogen) atoms. The molecule has 0 N–H and O–H groups in total. The lowest BCUT2D eigenvalue weighted by atomic mass is 10.0. The van der Waals surface area contributed by atoms with Gasteiger partial charge in [-0.15, -0.1) is 0 Å². The average Bonchev–Trinajstić information content (AvgIpc) is 2.39. The molecule has 1 saturated heterocycles. The molecular formula is C13H22N2OS. The molecule has 2 rings (SSSR count).